The smallest absolute Gasteiger partial charge is 0.417 e. The van der Waals surface area contributed by atoms with Crippen molar-refractivity contribution in [1.29, 1.82) is 0 Å². The first-order valence-electron chi connectivity index (χ1n) is 7.21. The van der Waals surface area contributed by atoms with Gasteiger partial charge in [-0.3, -0.25) is 4.72 Å². The van der Waals surface area contributed by atoms with E-state index in [1.807, 2.05) is 11.9 Å². The van der Waals surface area contributed by atoms with E-state index < -0.39 is 21.8 Å². The first-order chi connectivity index (χ1) is 11.7. The summed E-state index contributed by atoms with van der Waals surface area (Å²) in [5.41, 5.74) is -0.336. The van der Waals surface area contributed by atoms with E-state index in [0.29, 0.717) is 30.8 Å². The van der Waals surface area contributed by atoms with Gasteiger partial charge < -0.3 is 9.64 Å². The first kappa shape index (κ1) is 17.3. The lowest BCUT2D eigenvalue weighted by atomic mass is 10.2. The number of fused-ring (bicyclic) bond motifs is 1. The molecule has 1 aromatic heterocycles. The number of halogens is 3. The van der Waals surface area contributed by atoms with Gasteiger partial charge in [-0.15, -0.1) is 0 Å². The van der Waals surface area contributed by atoms with Gasteiger partial charge in [0.15, 0.2) is 0 Å². The third-order valence-corrected chi connectivity index (χ3v) is 5.02. The number of aromatic nitrogens is 1. The maximum atomic E-state index is 12.5. The Morgan fingerprint density at radius 2 is 2.00 bits per heavy atom. The Kier molecular flexibility index (Phi) is 4.23. The van der Waals surface area contributed by atoms with Crippen LogP contribution in [-0.2, 0) is 16.2 Å². The van der Waals surface area contributed by atoms with Gasteiger partial charge in [-0.2, -0.15) is 13.2 Å². The molecule has 1 aliphatic heterocycles. The lowest BCUT2D eigenvalue weighted by Gasteiger charge is -2.28. The van der Waals surface area contributed by atoms with Crippen molar-refractivity contribution in [2.24, 2.45) is 0 Å². The molecule has 0 unspecified atom stereocenters. The second-order valence-corrected chi connectivity index (χ2v) is 7.12. The summed E-state index contributed by atoms with van der Waals surface area (Å²) in [7, 11) is -2.19. The van der Waals surface area contributed by atoms with Crippen LogP contribution in [0.4, 0.5) is 24.7 Å². The molecule has 0 radical (unpaired) electrons. The standard InChI is InChI=1S/C15H14F3N3O3S/c1-21-6-7-24-13-4-3-11(8-12(13)21)25(22,23)20-14-5-2-10(9-19-14)15(16,17)18/h2-5,8-9H,6-7H2,1H3,(H,19,20). The van der Waals surface area contributed by atoms with Gasteiger partial charge in [0.25, 0.3) is 10.0 Å². The summed E-state index contributed by atoms with van der Waals surface area (Å²) in [5.74, 6) is 0.371. The van der Waals surface area contributed by atoms with Gasteiger partial charge >= 0.3 is 6.18 Å². The number of ether oxygens (including phenoxy) is 1. The molecule has 3 rings (SSSR count). The van der Waals surface area contributed by atoms with E-state index in [0.717, 1.165) is 12.1 Å². The minimum absolute atomic E-state index is 0.0368. The van der Waals surface area contributed by atoms with Crippen LogP contribution >= 0.6 is 0 Å². The van der Waals surface area contributed by atoms with Crippen LogP contribution in [0.15, 0.2) is 41.4 Å². The molecule has 2 heterocycles. The van der Waals surface area contributed by atoms with E-state index in [-0.39, 0.29) is 10.7 Å². The van der Waals surface area contributed by atoms with E-state index in [4.69, 9.17) is 4.74 Å². The van der Waals surface area contributed by atoms with Gasteiger partial charge in [-0.1, -0.05) is 0 Å². The lowest BCUT2D eigenvalue weighted by Crippen LogP contribution is -2.29. The molecule has 134 valence electrons. The van der Waals surface area contributed by atoms with Crippen molar-refractivity contribution in [3.8, 4) is 5.75 Å². The Hall–Kier alpha value is -2.49. The van der Waals surface area contributed by atoms with Crippen molar-refractivity contribution in [2.45, 2.75) is 11.1 Å². The molecule has 0 fully saturated rings. The fraction of sp³-hybridized carbons (Fsp3) is 0.267. The summed E-state index contributed by atoms with van der Waals surface area (Å²) in [5, 5.41) is 0. The topological polar surface area (TPSA) is 71.5 Å². The van der Waals surface area contributed by atoms with Gasteiger partial charge in [-0.25, -0.2) is 13.4 Å². The predicted octanol–water partition coefficient (Wildman–Crippen LogP) is 2.73. The molecule has 1 N–H and O–H groups in total. The minimum atomic E-state index is -4.53. The Morgan fingerprint density at radius 1 is 1.24 bits per heavy atom. The van der Waals surface area contributed by atoms with Crippen molar-refractivity contribution in [3.63, 3.8) is 0 Å². The molecule has 6 nitrogen and oxygen atoms in total. The molecule has 0 saturated carbocycles. The summed E-state index contributed by atoms with van der Waals surface area (Å²) in [6, 6.07) is 6.08. The highest BCUT2D eigenvalue weighted by molar-refractivity contribution is 7.92. The summed E-state index contributed by atoms with van der Waals surface area (Å²) in [6.45, 7) is 1.12. The number of hydrogen-bond acceptors (Lipinski definition) is 5. The fourth-order valence-electron chi connectivity index (χ4n) is 2.32. The third kappa shape index (κ3) is 3.63. The number of alkyl halides is 3. The van der Waals surface area contributed by atoms with Crippen molar-refractivity contribution in [1.82, 2.24) is 4.98 Å². The Balaban J connectivity index is 1.86. The molecule has 2 aromatic rings. The van der Waals surface area contributed by atoms with Crippen LogP contribution < -0.4 is 14.4 Å². The van der Waals surface area contributed by atoms with Crippen molar-refractivity contribution >= 4 is 21.5 Å². The minimum Gasteiger partial charge on any atom is -0.490 e. The van der Waals surface area contributed by atoms with Crippen LogP contribution in [0.5, 0.6) is 5.75 Å². The average Bonchev–Trinajstić information content (AvgIpc) is 2.54. The summed E-state index contributed by atoms with van der Waals surface area (Å²) in [6.07, 6.45) is -3.96. The number of likely N-dealkylation sites (N-methyl/N-ethyl adjacent to an activating group) is 1. The van der Waals surface area contributed by atoms with E-state index in [9.17, 15) is 21.6 Å². The van der Waals surface area contributed by atoms with Crippen LogP contribution in [0.3, 0.4) is 0 Å². The maximum Gasteiger partial charge on any atom is 0.417 e. The summed E-state index contributed by atoms with van der Waals surface area (Å²) < 4.78 is 70.1. The van der Waals surface area contributed by atoms with Crippen molar-refractivity contribution in [2.75, 3.05) is 29.8 Å². The van der Waals surface area contributed by atoms with Gasteiger partial charge in [0.2, 0.25) is 0 Å². The van der Waals surface area contributed by atoms with Crippen molar-refractivity contribution in [3.05, 3.63) is 42.1 Å². The lowest BCUT2D eigenvalue weighted by molar-refractivity contribution is -0.137. The number of nitrogens with one attached hydrogen (secondary N) is 1. The van der Waals surface area contributed by atoms with E-state index in [1.165, 1.54) is 12.1 Å². The average molecular weight is 373 g/mol. The highest BCUT2D eigenvalue weighted by Gasteiger charge is 2.31. The number of hydrogen-bond donors (Lipinski definition) is 1. The van der Waals surface area contributed by atoms with E-state index in [1.54, 1.807) is 6.07 Å². The zero-order chi connectivity index (χ0) is 18.2. The monoisotopic (exact) mass is 373 g/mol. The zero-order valence-electron chi connectivity index (χ0n) is 13.0. The number of pyridine rings is 1. The number of rotatable bonds is 3. The number of benzene rings is 1. The van der Waals surface area contributed by atoms with E-state index >= 15 is 0 Å². The molecule has 1 aliphatic rings. The number of anilines is 2. The quantitative estimate of drug-likeness (QED) is 0.896. The van der Waals surface area contributed by atoms with Crippen LogP contribution in [0, 0.1) is 0 Å². The number of nitrogens with zero attached hydrogens (tertiary/aromatic N) is 2. The molecule has 25 heavy (non-hydrogen) atoms. The molecule has 10 heteroatoms. The second-order valence-electron chi connectivity index (χ2n) is 5.43. The second kappa shape index (κ2) is 6.10. The van der Waals surface area contributed by atoms with Crippen LogP contribution in [0.25, 0.3) is 0 Å². The Morgan fingerprint density at radius 3 is 2.64 bits per heavy atom. The van der Waals surface area contributed by atoms with E-state index in [2.05, 4.69) is 9.71 Å². The van der Waals surface area contributed by atoms with Crippen LogP contribution in [-0.4, -0.2) is 33.6 Å². The maximum absolute atomic E-state index is 12.5. The zero-order valence-corrected chi connectivity index (χ0v) is 13.9. The van der Waals surface area contributed by atoms with Crippen LogP contribution in [0.1, 0.15) is 5.56 Å². The molecule has 0 aliphatic carbocycles. The summed E-state index contributed by atoms with van der Waals surface area (Å²) >= 11 is 0. The Labute approximate surface area is 142 Å². The molecular weight excluding hydrogens is 359 g/mol. The fourth-order valence-corrected chi connectivity index (χ4v) is 3.34. The normalized spacial score (nSPS) is 14.6. The number of sulfonamides is 1. The first-order valence-corrected chi connectivity index (χ1v) is 8.69. The molecule has 0 bridgehead atoms. The molecule has 0 atom stereocenters. The largest absolute Gasteiger partial charge is 0.490 e. The highest BCUT2D eigenvalue weighted by Crippen LogP contribution is 2.33. The van der Waals surface area contributed by atoms with Crippen LogP contribution in [0.2, 0.25) is 0 Å². The molecule has 0 spiro atoms. The molecule has 0 saturated heterocycles. The van der Waals surface area contributed by atoms with Crippen molar-refractivity contribution < 1.29 is 26.3 Å². The van der Waals surface area contributed by atoms with Gasteiger partial charge in [0, 0.05) is 13.2 Å². The predicted molar refractivity (Wildman–Crippen MR) is 85.3 cm³/mol. The molecule has 1 aromatic carbocycles. The highest BCUT2D eigenvalue weighted by atomic mass is 32.2. The molecular formula is C15H14F3N3O3S. The third-order valence-electron chi connectivity index (χ3n) is 3.67. The van der Waals surface area contributed by atoms with Gasteiger partial charge in [-0.05, 0) is 30.3 Å². The summed E-state index contributed by atoms with van der Waals surface area (Å²) in [4.78, 5) is 5.33. The Bertz CT molecular complexity index is 883. The van der Waals surface area contributed by atoms with Gasteiger partial charge in [0.05, 0.1) is 22.7 Å². The van der Waals surface area contributed by atoms with Gasteiger partial charge in [0.1, 0.15) is 18.2 Å². The molecule has 0 amide bonds. The SMILES string of the molecule is CN1CCOc2ccc(S(=O)(=O)Nc3ccc(C(F)(F)F)cn3)cc21.